The van der Waals surface area contributed by atoms with Gasteiger partial charge >= 0.3 is 37.9 Å². The van der Waals surface area contributed by atoms with E-state index in [-0.39, 0.29) is 27.7 Å². The van der Waals surface area contributed by atoms with Gasteiger partial charge in [0.25, 0.3) is 0 Å². The Hall–Kier alpha value is -1.40. The van der Waals surface area contributed by atoms with Crippen LogP contribution in [0, 0.1) is 61.7 Å². The summed E-state index contributed by atoms with van der Waals surface area (Å²) in [6, 6.07) is 23.3. The standard InChI is InChI=1S/C38H44.CH4.2CH3.2ClH.Zr/c1-4-5-26-37(2,3)30-24-25-31(27-30)38(28-16-8-6-9-17-28,29-18-10-7-11-19-29)36-34-22-14-12-20-32(34)33-21-13-15-23-35(33)36;;;;;;/h4,6-23,30-36H,1,5,24-27H2,2-3H3;1H4;2*1H3;2*1H;/q;;2*-1;;;+4/p-2. The predicted molar refractivity (Wildman–Crippen MR) is 193 cm³/mol. The van der Waals surface area contributed by atoms with Gasteiger partial charge in [-0.25, -0.2) is 0 Å². The van der Waals surface area contributed by atoms with E-state index in [0.717, 1.165) is 12.3 Å². The Kier molecular flexibility index (Phi) is 15.4. The molecule has 6 unspecified atom stereocenters. The van der Waals surface area contributed by atoms with Crippen LogP contribution >= 0.6 is 17.0 Å². The summed E-state index contributed by atoms with van der Waals surface area (Å²) in [5.41, 5.74) is 3.36. The van der Waals surface area contributed by atoms with Crippen molar-refractivity contribution in [1.82, 2.24) is 0 Å². The van der Waals surface area contributed by atoms with Gasteiger partial charge in [-0.15, -0.1) is 6.58 Å². The van der Waals surface area contributed by atoms with Crippen molar-refractivity contribution in [2.24, 2.45) is 46.8 Å². The second kappa shape index (κ2) is 17.5. The molecule has 6 rings (SSSR count). The number of hydrogen-bond acceptors (Lipinski definition) is 0. The molecule has 236 valence electrons. The molecule has 2 aromatic carbocycles. The zero-order valence-corrected chi connectivity index (χ0v) is 30.5. The molecule has 6 atom stereocenters. The average Bonchev–Trinajstić information content (AvgIpc) is 3.64. The third-order valence-corrected chi connectivity index (χ3v) is 10.9. The summed E-state index contributed by atoms with van der Waals surface area (Å²) in [5.74, 6) is 4.10. The van der Waals surface area contributed by atoms with Crippen LogP contribution in [0.3, 0.4) is 0 Å². The van der Waals surface area contributed by atoms with Gasteiger partial charge in [0.2, 0.25) is 0 Å². The molecule has 2 saturated carbocycles. The van der Waals surface area contributed by atoms with Gasteiger partial charge in [-0.1, -0.05) is 137 Å². The third kappa shape index (κ3) is 7.43. The van der Waals surface area contributed by atoms with E-state index in [9.17, 15) is 0 Å². The molecule has 3 heteroatoms. The molecule has 0 N–H and O–H groups in total. The summed E-state index contributed by atoms with van der Waals surface area (Å²) in [7, 11) is 9.87. The SMILES string of the molecule is C.C=CCCC(C)(C)C1CCC(C(c2ccccc2)(c2ccccc2)C2C3C=CC=CC3C3C=CC=CC32)C1.[CH3-].[CH3-].[Cl][Zr+2][Cl]. The zero-order chi connectivity index (χ0) is 28.9. The van der Waals surface area contributed by atoms with Crippen LogP contribution in [0.2, 0.25) is 0 Å². The average molecular weight is 709 g/mol. The first-order valence-corrected chi connectivity index (χ1v) is 21.7. The minimum absolute atomic E-state index is 0. The summed E-state index contributed by atoms with van der Waals surface area (Å²) < 4.78 is 0. The van der Waals surface area contributed by atoms with Crippen molar-refractivity contribution < 1.29 is 20.8 Å². The summed E-state index contributed by atoms with van der Waals surface area (Å²) in [6.45, 7) is 9.06. The molecule has 2 fully saturated rings. The molecule has 0 radical (unpaired) electrons. The van der Waals surface area contributed by atoms with Crippen molar-refractivity contribution >= 4 is 17.0 Å². The second-order valence-corrected chi connectivity index (χ2v) is 16.8. The molecule has 4 aliphatic carbocycles. The molecular weight excluding hydrogens is 655 g/mol. The monoisotopic (exact) mass is 706 g/mol. The van der Waals surface area contributed by atoms with Crippen molar-refractivity contribution in [1.29, 1.82) is 0 Å². The number of benzene rings is 2. The number of halogens is 2. The van der Waals surface area contributed by atoms with Crippen LogP contribution < -0.4 is 0 Å². The van der Waals surface area contributed by atoms with E-state index in [4.69, 9.17) is 17.0 Å². The fourth-order valence-corrected chi connectivity index (χ4v) is 9.14. The molecule has 0 saturated heterocycles. The summed E-state index contributed by atoms with van der Waals surface area (Å²) >= 11 is -0.826. The van der Waals surface area contributed by atoms with Gasteiger partial charge in [0.1, 0.15) is 0 Å². The quantitative estimate of drug-likeness (QED) is 0.189. The van der Waals surface area contributed by atoms with E-state index in [2.05, 4.69) is 136 Å². The normalized spacial score (nSPS) is 27.7. The molecule has 0 spiro atoms. The molecule has 0 aliphatic heterocycles. The summed E-state index contributed by atoms with van der Waals surface area (Å²) in [4.78, 5) is 0. The first-order chi connectivity index (χ1) is 20.0. The molecule has 0 heterocycles. The molecule has 0 aromatic heterocycles. The number of fused-ring (bicyclic) bond motifs is 3. The fourth-order valence-electron chi connectivity index (χ4n) is 9.14. The van der Waals surface area contributed by atoms with Gasteiger partial charge in [0.15, 0.2) is 0 Å². The van der Waals surface area contributed by atoms with E-state index in [1.807, 2.05) is 0 Å². The molecule has 2 aromatic rings. The van der Waals surface area contributed by atoms with Crippen LogP contribution in [-0.2, 0) is 26.3 Å². The van der Waals surface area contributed by atoms with Crippen molar-refractivity contribution in [3.63, 3.8) is 0 Å². The van der Waals surface area contributed by atoms with E-state index < -0.39 is 20.8 Å². The molecule has 0 bridgehead atoms. The van der Waals surface area contributed by atoms with Crippen LogP contribution in [0.1, 0.15) is 64.5 Å². The predicted octanol–water partition coefficient (Wildman–Crippen LogP) is 12.6. The van der Waals surface area contributed by atoms with Gasteiger partial charge < -0.3 is 14.9 Å². The van der Waals surface area contributed by atoms with Crippen molar-refractivity contribution in [3.05, 3.63) is 148 Å². The van der Waals surface area contributed by atoms with Gasteiger partial charge in [-0.2, -0.15) is 0 Å². The number of allylic oxidation sites excluding steroid dienone is 9. The van der Waals surface area contributed by atoms with Crippen molar-refractivity contribution in [2.75, 3.05) is 0 Å². The van der Waals surface area contributed by atoms with E-state index in [1.54, 1.807) is 0 Å². The van der Waals surface area contributed by atoms with E-state index >= 15 is 0 Å². The maximum absolute atomic E-state index is 4.93. The Morgan fingerprint density at radius 1 is 0.727 bits per heavy atom. The summed E-state index contributed by atoms with van der Waals surface area (Å²) in [5, 5.41) is 0. The Morgan fingerprint density at radius 2 is 1.14 bits per heavy atom. The molecule has 44 heavy (non-hydrogen) atoms. The minimum atomic E-state index is -0.826. The first-order valence-electron chi connectivity index (χ1n) is 15.4. The summed E-state index contributed by atoms with van der Waals surface area (Å²) in [6.07, 6.45) is 27.8. The van der Waals surface area contributed by atoms with E-state index in [1.165, 1.54) is 36.8 Å². The van der Waals surface area contributed by atoms with Crippen LogP contribution in [-0.4, -0.2) is 0 Å². The van der Waals surface area contributed by atoms with Crippen LogP contribution in [0.25, 0.3) is 0 Å². The molecule has 0 nitrogen and oxygen atoms in total. The third-order valence-electron chi connectivity index (χ3n) is 10.9. The fraction of sp³-hybridized carbons (Fsp3) is 0.415. The maximum atomic E-state index is 4.93. The van der Waals surface area contributed by atoms with Gasteiger partial charge in [-0.3, -0.25) is 0 Å². The van der Waals surface area contributed by atoms with Gasteiger partial charge in [0.05, 0.1) is 0 Å². The second-order valence-electron chi connectivity index (χ2n) is 13.1. The van der Waals surface area contributed by atoms with Crippen LogP contribution in [0.4, 0.5) is 0 Å². The zero-order valence-electron chi connectivity index (χ0n) is 26.5. The van der Waals surface area contributed by atoms with Crippen LogP contribution in [0.5, 0.6) is 0 Å². The van der Waals surface area contributed by atoms with Crippen LogP contribution in [0.15, 0.2) is 122 Å². The van der Waals surface area contributed by atoms with E-state index in [0.29, 0.717) is 40.9 Å². The Labute approximate surface area is 289 Å². The first kappa shape index (κ1) is 38.8. The Bertz CT molecular complexity index is 1180. The Morgan fingerprint density at radius 3 is 1.57 bits per heavy atom. The number of hydrogen-bond donors (Lipinski definition) is 0. The van der Waals surface area contributed by atoms with Crippen molar-refractivity contribution in [2.45, 2.75) is 58.8 Å². The topological polar surface area (TPSA) is 0 Å². The van der Waals surface area contributed by atoms with Gasteiger partial charge in [0, 0.05) is 5.41 Å². The Balaban J connectivity index is 0.00000108. The molecule has 4 aliphatic rings. The number of rotatable bonds is 8. The molecule has 0 amide bonds. The van der Waals surface area contributed by atoms with Crippen molar-refractivity contribution in [3.8, 4) is 0 Å². The molecular formula is C41H54Cl2Zr. The van der Waals surface area contributed by atoms with Gasteiger partial charge in [-0.05, 0) is 90.1 Å².